The maximum atomic E-state index is 13.5. The number of pyridine rings is 1. The maximum absolute atomic E-state index is 13.5. The summed E-state index contributed by atoms with van der Waals surface area (Å²) >= 11 is 0. The quantitative estimate of drug-likeness (QED) is 0.598. The Labute approximate surface area is 192 Å². The Bertz CT molecular complexity index is 1440. The van der Waals surface area contributed by atoms with Crippen LogP contribution in [0.1, 0.15) is 38.8 Å². The first kappa shape index (κ1) is 21.5. The van der Waals surface area contributed by atoms with Crippen molar-refractivity contribution in [1.82, 2.24) is 14.6 Å². The largest absolute Gasteiger partial charge is 0.332 e. The van der Waals surface area contributed by atoms with Crippen LogP contribution in [0.5, 0.6) is 0 Å². The summed E-state index contributed by atoms with van der Waals surface area (Å²) in [5.41, 5.74) is 0.642. The summed E-state index contributed by atoms with van der Waals surface area (Å²) < 4.78 is 27.9. The van der Waals surface area contributed by atoms with Crippen molar-refractivity contribution in [2.45, 2.75) is 50.2 Å². The van der Waals surface area contributed by atoms with E-state index in [1.54, 1.807) is 46.0 Å². The summed E-state index contributed by atoms with van der Waals surface area (Å²) in [5.74, 6) is -0.409. The number of amides is 3. The van der Waals surface area contributed by atoms with Gasteiger partial charge < -0.3 is 4.90 Å². The predicted molar refractivity (Wildman–Crippen MR) is 124 cm³/mol. The predicted octanol–water partition coefficient (Wildman–Crippen LogP) is 3.51. The normalized spacial score (nSPS) is 20.5. The first-order valence-electron chi connectivity index (χ1n) is 10.6. The van der Waals surface area contributed by atoms with E-state index in [1.165, 1.54) is 11.0 Å². The fraction of sp³-hybridized carbons (Fsp3) is 0.292. The first-order valence-corrected chi connectivity index (χ1v) is 12.1. The first-order chi connectivity index (χ1) is 15.4. The third-order valence-corrected chi connectivity index (χ3v) is 8.16. The number of aromatic nitrogens is 1. The van der Waals surface area contributed by atoms with E-state index < -0.39 is 33.0 Å². The molecule has 3 amide bonds. The molecule has 2 aliphatic heterocycles. The van der Waals surface area contributed by atoms with Crippen LogP contribution in [0, 0.1) is 0 Å². The van der Waals surface area contributed by atoms with Crippen LogP contribution in [0.3, 0.4) is 0 Å². The second-order valence-electron chi connectivity index (χ2n) is 9.47. The minimum Gasteiger partial charge on any atom is -0.305 e. The number of para-hydroxylation sites is 1. The molecule has 0 bridgehead atoms. The Kier molecular flexibility index (Phi) is 4.47. The molecule has 1 saturated heterocycles. The lowest BCUT2D eigenvalue weighted by Crippen LogP contribution is -2.43. The lowest BCUT2D eigenvalue weighted by atomic mass is 9.95. The summed E-state index contributed by atoms with van der Waals surface area (Å²) in [5, 5.41) is 0.909. The van der Waals surface area contributed by atoms with Gasteiger partial charge >= 0.3 is 6.03 Å². The van der Waals surface area contributed by atoms with Gasteiger partial charge in [0.1, 0.15) is 5.54 Å². The van der Waals surface area contributed by atoms with Crippen molar-refractivity contribution < 1.29 is 18.0 Å². The van der Waals surface area contributed by atoms with Crippen molar-refractivity contribution >= 4 is 38.6 Å². The van der Waals surface area contributed by atoms with E-state index in [0.717, 1.165) is 21.4 Å². The van der Waals surface area contributed by atoms with Crippen LogP contribution in [0.2, 0.25) is 0 Å². The van der Waals surface area contributed by atoms with Crippen LogP contribution in [-0.2, 0) is 26.9 Å². The molecule has 8 nitrogen and oxygen atoms in total. The zero-order valence-electron chi connectivity index (χ0n) is 18.8. The highest BCUT2D eigenvalue weighted by molar-refractivity contribution is 7.89. The molecule has 33 heavy (non-hydrogen) atoms. The molecule has 9 heteroatoms. The van der Waals surface area contributed by atoms with Gasteiger partial charge in [-0.2, -0.15) is 0 Å². The van der Waals surface area contributed by atoms with Crippen LogP contribution < -0.4 is 9.62 Å². The summed E-state index contributed by atoms with van der Waals surface area (Å²) in [6, 6.07) is 13.7. The van der Waals surface area contributed by atoms with Gasteiger partial charge in [0.2, 0.25) is 10.0 Å². The van der Waals surface area contributed by atoms with Gasteiger partial charge in [0.25, 0.3) is 5.91 Å². The lowest BCUT2D eigenvalue weighted by Gasteiger charge is -2.28. The minimum absolute atomic E-state index is 0.0852. The lowest BCUT2D eigenvalue weighted by molar-refractivity contribution is -0.123. The SMILES string of the molecule is CC1(C)NS(=O)(=O)c2cc(N3C(=O)N(Cc4ccnc5ccccc45)C(C)(C)C3=O)ccc21. The number of carbonyl (C=O) groups excluding carboxylic acids is 2. The van der Waals surface area contributed by atoms with Gasteiger partial charge in [-0.05, 0) is 63.1 Å². The number of rotatable bonds is 3. The van der Waals surface area contributed by atoms with Crippen molar-refractivity contribution in [1.29, 1.82) is 0 Å². The molecule has 3 aromatic rings. The number of urea groups is 1. The molecular weight excluding hydrogens is 440 g/mol. The number of nitrogens with one attached hydrogen (secondary N) is 1. The molecule has 0 saturated carbocycles. The number of anilines is 1. The molecule has 5 rings (SSSR count). The molecule has 1 N–H and O–H groups in total. The second kappa shape index (κ2) is 6.85. The van der Waals surface area contributed by atoms with Gasteiger partial charge in [-0.3, -0.25) is 9.78 Å². The highest BCUT2D eigenvalue weighted by Gasteiger charge is 2.52. The highest BCUT2D eigenvalue weighted by Crippen LogP contribution is 2.40. The van der Waals surface area contributed by atoms with Crippen molar-refractivity contribution in [3.05, 3.63) is 65.9 Å². The van der Waals surface area contributed by atoms with Gasteiger partial charge in [0, 0.05) is 18.1 Å². The van der Waals surface area contributed by atoms with Crippen LogP contribution in [0.15, 0.2) is 59.6 Å². The van der Waals surface area contributed by atoms with Crippen LogP contribution in [0.25, 0.3) is 10.9 Å². The Hall–Kier alpha value is -3.30. The molecule has 1 fully saturated rings. The van der Waals surface area contributed by atoms with Crippen LogP contribution >= 0.6 is 0 Å². The summed E-state index contributed by atoms with van der Waals surface area (Å²) in [6.45, 7) is 7.16. The smallest absolute Gasteiger partial charge is 0.305 e. The van der Waals surface area contributed by atoms with Crippen LogP contribution in [0.4, 0.5) is 10.5 Å². The number of sulfonamides is 1. The molecule has 0 spiro atoms. The molecule has 170 valence electrons. The van der Waals surface area contributed by atoms with Crippen molar-refractivity contribution in [2.24, 2.45) is 0 Å². The summed E-state index contributed by atoms with van der Waals surface area (Å²) in [4.78, 5) is 33.9. The number of hydrogen-bond donors (Lipinski definition) is 1. The van der Waals surface area contributed by atoms with Gasteiger partial charge in [0.05, 0.1) is 21.6 Å². The number of benzene rings is 2. The van der Waals surface area contributed by atoms with Gasteiger partial charge in [-0.1, -0.05) is 24.3 Å². The highest BCUT2D eigenvalue weighted by atomic mass is 32.2. The number of nitrogens with zero attached hydrogens (tertiary/aromatic N) is 3. The molecule has 2 aliphatic rings. The number of fused-ring (bicyclic) bond motifs is 2. The van der Waals surface area contributed by atoms with E-state index in [-0.39, 0.29) is 17.1 Å². The van der Waals surface area contributed by atoms with Crippen molar-refractivity contribution in [3.63, 3.8) is 0 Å². The van der Waals surface area contributed by atoms with Crippen LogP contribution in [-0.4, -0.2) is 35.8 Å². The Morgan fingerprint density at radius 1 is 1.00 bits per heavy atom. The minimum atomic E-state index is -3.74. The van der Waals surface area contributed by atoms with E-state index >= 15 is 0 Å². The Morgan fingerprint density at radius 3 is 2.48 bits per heavy atom. The van der Waals surface area contributed by atoms with Gasteiger partial charge in [0.15, 0.2) is 0 Å². The Morgan fingerprint density at radius 2 is 1.73 bits per heavy atom. The van der Waals surface area contributed by atoms with Crippen molar-refractivity contribution in [2.75, 3.05) is 4.90 Å². The third-order valence-electron chi connectivity index (χ3n) is 6.47. The summed E-state index contributed by atoms with van der Waals surface area (Å²) in [7, 11) is -3.74. The summed E-state index contributed by atoms with van der Waals surface area (Å²) in [6.07, 6.45) is 1.69. The fourth-order valence-corrected chi connectivity index (χ4v) is 6.41. The zero-order valence-corrected chi connectivity index (χ0v) is 19.6. The average Bonchev–Trinajstić information content (AvgIpc) is 3.04. The second-order valence-corrected chi connectivity index (χ2v) is 11.1. The fourth-order valence-electron chi connectivity index (χ4n) is 4.63. The van der Waals surface area contributed by atoms with Gasteiger partial charge in [-0.25, -0.2) is 22.8 Å². The number of hydrogen-bond acceptors (Lipinski definition) is 5. The van der Waals surface area contributed by atoms with E-state index in [2.05, 4.69) is 9.71 Å². The standard InChI is InChI=1S/C24H24N4O4S/c1-23(2)18-10-9-16(13-20(18)33(31,32)26-23)28-21(29)24(3,4)27(22(28)30)14-15-11-12-25-19-8-6-5-7-17(15)19/h5-13,26H,14H2,1-4H3. The molecule has 0 aliphatic carbocycles. The Balaban J connectivity index is 1.56. The number of carbonyl (C=O) groups is 2. The molecule has 1 aromatic heterocycles. The monoisotopic (exact) mass is 464 g/mol. The molecule has 0 radical (unpaired) electrons. The third kappa shape index (κ3) is 3.14. The molecule has 0 unspecified atom stereocenters. The van der Waals surface area contributed by atoms with E-state index in [9.17, 15) is 18.0 Å². The number of imide groups is 1. The molecule has 0 atom stereocenters. The molecular formula is C24H24N4O4S. The topological polar surface area (TPSA) is 99.7 Å². The zero-order chi connectivity index (χ0) is 23.8. The molecule has 3 heterocycles. The molecule has 2 aromatic carbocycles. The van der Waals surface area contributed by atoms with E-state index in [4.69, 9.17) is 0 Å². The van der Waals surface area contributed by atoms with Gasteiger partial charge in [-0.15, -0.1) is 0 Å². The van der Waals surface area contributed by atoms with E-state index in [0.29, 0.717) is 5.56 Å². The van der Waals surface area contributed by atoms with Crippen molar-refractivity contribution in [3.8, 4) is 0 Å². The van der Waals surface area contributed by atoms with E-state index in [1.807, 2.05) is 30.3 Å². The maximum Gasteiger partial charge on any atom is 0.332 e. The average molecular weight is 465 g/mol.